The third kappa shape index (κ3) is 5.78. The maximum absolute atomic E-state index is 12.8. The summed E-state index contributed by atoms with van der Waals surface area (Å²) in [5.74, 6) is 0.698. The Hall–Kier alpha value is -3.66. The molecule has 33 heavy (non-hydrogen) atoms. The molecule has 172 valence electrons. The molecule has 10 heteroatoms. The van der Waals surface area contributed by atoms with Crippen LogP contribution in [0.4, 0.5) is 5.69 Å². The van der Waals surface area contributed by atoms with E-state index in [-0.39, 0.29) is 11.8 Å². The second-order valence-electron chi connectivity index (χ2n) is 7.29. The lowest BCUT2D eigenvalue weighted by Crippen LogP contribution is -2.43. The van der Waals surface area contributed by atoms with Crippen molar-refractivity contribution in [3.05, 3.63) is 58.6 Å². The van der Waals surface area contributed by atoms with Gasteiger partial charge in [0.25, 0.3) is 0 Å². The van der Waals surface area contributed by atoms with Crippen LogP contribution in [0.1, 0.15) is 12.0 Å². The Kier molecular flexibility index (Phi) is 7.04. The molecule has 0 aliphatic carbocycles. The number of anilines is 1. The van der Waals surface area contributed by atoms with Gasteiger partial charge in [-0.15, -0.1) is 0 Å². The van der Waals surface area contributed by atoms with Gasteiger partial charge in [-0.3, -0.25) is 14.6 Å². The first kappa shape index (κ1) is 22.5. The van der Waals surface area contributed by atoms with Gasteiger partial charge in [0.2, 0.25) is 11.8 Å². The zero-order valence-corrected chi connectivity index (χ0v) is 18.7. The molecule has 3 N–H and O–H groups in total. The Bertz CT molecular complexity index is 1250. The van der Waals surface area contributed by atoms with Gasteiger partial charge in [0, 0.05) is 11.8 Å². The molecular weight excluding hydrogens is 446 g/mol. The largest absolute Gasteiger partial charge is 0.486 e. The van der Waals surface area contributed by atoms with Crippen molar-refractivity contribution < 1.29 is 23.5 Å². The first-order chi connectivity index (χ1) is 16.0. The van der Waals surface area contributed by atoms with Gasteiger partial charge < -0.3 is 24.5 Å². The number of carbonyl (C=O) groups is 2. The molecule has 2 heterocycles. The van der Waals surface area contributed by atoms with Gasteiger partial charge in [0.1, 0.15) is 19.3 Å². The number of benzene rings is 2. The summed E-state index contributed by atoms with van der Waals surface area (Å²) in [7, 11) is 0. The highest BCUT2D eigenvalue weighted by atomic mass is 32.2. The van der Waals surface area contributed by atoms with Crippen LogP contribution in [0.15, 0.2) is 51.7 Å². The van der Waals surface area contributed by atoms with E-state index in [1.165, 1.54) is 6.08 Å². The lowest BCUT2D eigenvalue weighted by atomic mass is 10.1. The van der Waals surface area contributed by atoms with Crippen LogP contribution in [0.25, 0.3) is 17.2 Å². The monoisotopic (exact) mass is 469 g/mol. The summed E-state index contributed by atoms with van der Waals surface area (Å²) in [4.78, 5) is 39.2. The molecule has 0 bridgehead atoms. The normalized spacial score (nSPS) is 13.7. The summed E-state index contributed by atoms with van der Waals surface area (Å²) in [6.45, 7) is 0.995. The second kappa shape index (κ2) is 10.3. The fraction of sp³-hybridized carbons (Fsp3) is 0.261. The summed E-state index contributed by atoms with van der Waals surface area (Å²) < 4.78 is 16.0. The van der Waals surface area contributed by atoms with E-state index in [0.29, 0.717) is 53.7 Å². The minimum atomic E-state index is -0.728. The van der Waals surface area contributed by atoms with Crippen molar-refractivity contribution in [3.8, 4) is 11.5 Å². The van der Waals surface area contributed by atoms with E-state index >= 15 is 0 Å². The average molecular weight is 470 g/mol. The van der Waals surface area contributed by atoms with Crippen molar-refractivity contribution in [2.45, 2.75) is 12.5 Å². The van der Waals surface area contributed by atoms with E-state index in [1.807, 2.05) is 12.3 Å². The molecule has 0 radical (unpaired) electrons. The zero-order chi connectivity index (χ0) is 23.2. The molecule has 3 aromatic rings. The van der Waals surface area contributed by atoms with Crippen LogP contribution in [-0.4, -0.2) is 48.1 Å². The first-order valence-corrected chi connectivity index (χ1v) is 11.7. The molecule has 4 rings (SSSR count). The van der Waals surface area contributed by atoms with Crippen molar-refractivity contribution >= 4 is 46.4 Å². The summed E-state index contributed by atoms with van der Waals surface area (Å²) in [6, 6.07) is 9.52. The zero-order valence-electron chi connectivity index (χ0n) is 17.9. The molecule has 1 aromatic heterocycles. The number of thioether (sulfide) groups is 1. The van der Waals surface area contributed by atoms with Crippen LogP contribution in [0.3, 0.4) is 0 Å². The summed E-state index contributed by atoms with van der Waals surface area (Å²) in [5, 5.41) is 5.55. The minimum Gasteiger partial charge on any atom is -0.486 e. The standard InChI is InChI=1S/C23H23N3O6S/c1-33-11-8-16(22(28)24-15-4-6-18-17(13-15)26-23(29)32-18)25-21(27)7-3-14-2-5-19-20(12-14)31-10-9-30-19/h2-7,12-13,16H,8-11H2,1H3,(H,24,28)(H,25,27)(H,26,29)/b7-3-/t16-/m0/s1. The Labute approximate surface area is 193 Å². The van der Waals surface area contributed by atoms with Crippen molar-refractivity contribution in [1.82, 2.24) is 10.3 Å². The topological polar surface area (TPSA) is 123 Å². The van der Waals surface area contributed by atoms with Gasteiger partial charge in [-0.05, 0) is 60.4 Å². The van der Waals surface area contributed by atoms with Crippen LogP contribution in [-0.2, 0) is 9.59 Å². The van der Waals surface area contributed by atoms with Gasteiger partial charge in [0.15, 0.2) is 17.1 Å². The maximum Gasteiger partial charge on any atom is 0.417 e. The third-order valence-corrected chi connectivity index (χ3v) is 5.57. The number of oxazole rings is 1. The predicted octanol–water partition coefficient (Wildman–Crippen LogP) is 2.78. The van der Waals surface area contributed by atoms with Crippen LogP contribution in [0, 0.1) is 0 Å². The number of carbonyl (C=O) groups excluding carboxylic acids is 2. The van der Waals surface area contributed by atoms with E-state index in [0.717, 1.165) is 5.56 Å². The molecule has 0 saturated carbocycles. The van der Waals surface area contributed by atoms with Gasteiger partial charge in [0.05, 0.1) is 5.52 Å². The van der Waals surface area contributed by atoms with E-state index in [4.69, 9.17) is 13.9 Å². The number of amides is 2. The van der Waals surface area contributed by atoms with E-state index in [1.54, 1.807) is 48.2 Å². The van der Waals surface area contributed by atoms with Gasteiger partial charge in [-0.25, -0.2) is 4.79 Å². The maximum atomic E-state index is 12.8. The summed E-state index contributed by atoms with van der Waals surface area (Å²) in [5.41, 5.74) is 2.14. The number of nitrogens with one attached hydrogen (secondary N) is 3. The number of hydrogen-bond acceptors (Lipinski definition) is 7. The molecule has 1 aliphatic rings. The Morgan fingerprint density at radius 2 is 1.97 bits per heavy atom. The lowest BCUT2D eigenvalue weighted by Gasteiger charge is -2.18. The third-order valence-electron chi connectivity index (χ3n) is 4.92. The molecule has 2 aromatic carbocycles. The molecule has 9 nitrogen and oxygen atoms in total. The number of hydrogen-bond donors (Lipinski definition) is 3. The fourth-order valence-electron chi connectivity index (χ4n) is 3.32. The van der Waals surface area contributed by atoms with E-state index in [9.17, 15) is 14.4 Å². The van der Waals surface area contributed by atoms with Crippen molar-refractivity contribution in [3.63, 3.8) is 0 Å². The van der Waals surface area contributed by atoms with Crippen LogP contribution >= 0.6 is 11.8 Å². The average Bonchev–Trinajstić information content (AvgIpc) is 3.19. The van der Waals surface area contributed by atoms with Crippen molar-refractivity contribution in [2.24, 2.45) is 0 Å². The number of fused-ring (bicyclic) bond motifs is 2. The van der Waals surface area contributed by atoms with Crippen LogP contribution < -0.4 is 25.9 Å². The molecule has 0 unspecified atom stereocenters. The molecule has 2 amide bonds. The highest BCUT2D eigenvalue weighted by molar-refractivity contribution is 7.98. The van der Waals surface area contributed by atoms with Gasteiger partial charge in [-0.1, -0.05) is 6.07 Å². The van der Waals surface area contributed by atoms with Gasteiger partial charge in [-0.2, -0.15) is 11.8 Å². The van der Waals surface area contributed by atoms with Crippen molar-refractivity contribution in [2.75, 3.05) is 30.5 Å². The Morgan fingerprint density at radius 3 is 2.79 bits per heavy atom. The van der Waals surface area contributed by atoms with Crippen LogP contribution in [0.5, 0.6) is 11.5 Å². The Morgan fingerprint density at radius 1 is 1.15 bits per heavy atom. The molecule has 1 atom stereocenters. The molecular formula is C23H23N3O6S. The predicted molar refractivity (Wildman–Crippen MR) is 127 cm³/mol. The smallest absolute Gasteiger partial charge is 0.417 e. The quantitative estimate of drug-likeness (QED) is 0.434. The van der Waals surface area contributed by atoms with Gasteiger partial charge >= 0.3 is 5.76 Å². The minimum absolute atomic E-state index is 0.352. The number of H-pyrrole nitrogens is 1. The molecule has 1 aliphatic heterocycles. The van der Waals surface area contributed by atoms with Crippen LogP contribution in [0.2, 0.25) is 0 Å². The molecule has 0 saturated heterocycles. The SMILES string of the molecule is CSCC[C@H](NC(=O)/C=C\c1ccc2c(c1)OCCO2)C(=O)Nc1ccc2oc(=O)[nH]c2c1. The highest BCUT2D eigenvalue weighted by Gasteiger charge is 2.20. The number of aromatic amines is 1. The van der Waals surface area contributed by atoms with Crippen molar-refractivity contribution in [1.29, 1.82) is 0 Å². The van der Waals surface area contributed by atoms with E-state index < -0.39 is 11.8 Å². The first-order valence-electron chi connectivity index (χ1n) is 10.3. The second-order valence-corrected chi connectivity index (χ2v) is 8.28. The number of rotatable bonds is 8. The number of aromatic nitrogens is 1. The fourth-order valence-corrected chi connectivity index (χ4v) is 3.79. The Balaban J connectivity index is 1.41. The molecule has 0 spiro atoms. The number of ether oxygens (including phenoxy) is 2. The summed E-state index contributed by atoms with van der Waals surface area (Å²) >= 11 is 1.58. The lowest BCUT2D eigenvalue weighted by molar-refractivity contribution is -0.123. The highest BCUT2D eigenvalue weighted by Crippen LogP contribution is 2.31. The summed E-state index contributed by atoms with van der Waals surface area (Å²) in [6.07, 6.45) is 5.43. The van der Waals surface area contributed by atoms with E-state index in [2.05, 4.69) is 15.6 Å². The molecule has 0 fully saturated rings.